The van der Waals surface area contributed by atoms with Gasteiger partial charge in [-0.2, -0.15) is 0 Å². The first kappa shape index (κ1) is 25.3. The van der Waals surface area contributed by atoms with E-state index in [1.165, 1.54) is 0 Å². The van der Waals surface area contributed by atoms with Crippen LogP contribution >= 0.6 is 0 Å². The molecule has 0 bridgehead atoms. The molecule has 2 N–H and O–H groups in total. The highest BCUT2D eigenvalue weighted by molar-refractivity contribution is 5.94. The number of rotatable bonds is 8. The third kappa shape index (κ3) is 5.05. The zero-order valence-electron chi connectivity index (χ0n) is 21.8. The second kappa shape index (κ2) is 10.5. The lowest BCUT2D eigenvalue weighted by molar-refractivity contribution is -0.146. The van der Waals surface area contributed by atoms with Gasteiger partial charge >= 0.3 is 12.0 Å². The number of hydrogen-bond donors (Lipinski definition) is 2. The molecule has 1 fully saturated rings. The minimum atomic E-state index is -0.475. The molecule has 0 radical (unpaired) electrons. The third-order valence-electron chi connectivity index (χ3n) is 7.08. The molecule has 0 aliphatic heterocycles. The van der Waals surface area contributed by atoms with Crippen LogP contribution in [-0.4, -0.2) is 23.8 Å². The Hall–Kier alpha value is -4.39. The fourth-order valence-electron chi connectivity index (χ4n) is 4.69. The smallest absolute Gasteiger partial charge is 0.319 e. The van der Waals surface area contributed by atoms with Crippen molar-refractivity contribution in [2.75, 3.05) is 11.9 Å². The van der Waals surface area contributed by atoms with Crippen LogP contribution in [0.3, 0.4) is 0 Å². The van der Waals surface area contributed by atoms with Crippen molar-refractivity contribution in [3.05, 3.63) is 95.7 Å². The molecule has 1 heterocycles. The highest BCUT2D eigenvalue weighted by Crippen LogP contribution is 2.49. The molecule has 194 valence electrons. The SMILES string of the molecule is CCOC(=O)C1(c2ccc(-c3ccc(-c4onc(C)c4NC(=O)NC(C)c4ccccc4)cc3)cc2)CC1. The largest absolute Gasteiger partial charge is 0.465 e. The maximum absolute atomic E-state index is 12.7. The maximum atomic E-state index is 12.7. The highest BCUT2D eigenvalue weighted by Gasteiger charge is 2.52. The van der Waals surface area contributed by atoms with E-state index in [1.54, 1.807) is 6.92 Å². The van der Waals surface area contributed by atoms with Crippen LogP contribution in [0.5, 0.6) is 0 Å². The molecular formula is C31H31N3O4. The molecule has 1 aliphatic carbocycles. The van der Waals surface area contributed by atoms with Gasteiger partial charge in [0.15, 0.2) is 5.76 Å². The number of aromatic nitrogens is 1. The topological polar surface area (TPSA) is 93.5 Å². The Morgan fingerprint density at radius 3 is 2.16 bits per heavy atom. The quantitative estimate of drug-likeness (QED) is 0.255. The van der Waals surface area contributed by atoms with Crippen LogP contribution in [0, 0.1) is 6.92 Å². The van der Waals surface area contributed by atoms with Crippen molar-refractivity contribution in [3.8, 4) is 22.5 Å². The number of benzene rings is 3. The Morgan fingerprint density at radius 1 is 0.947 bits per heavy atom. The molecule has 0 saturated heterocycles. The Morgan fingerprint density at radius 2 is 1.55 bits per heavy atom. The summed E-state index contributed by atoms with van der Waals surface area (Å²) in [5, 5.41) is 9.94. The van der Waals surface area contributed by atoms with Gasteiger partial charge in [-0.05, 0) is 55.9 Å². The van der Waals surface area contributed by atoms with E-state index in [9.17, 15) is 9.59 Å². The van der Waals surface area contributed by atoms with Crippen LogP contribution < -0.4 is 10.6 Å². The molecular weight excluding hydrogens is 478 g/mol. The lowest BCUT2D eigenvalue weighted by Gasteiger charge is -2.15. The summed E-state index contributed by atoms with van der Waals surface area (Å²) in [4.78, 5) is 25.1. The minimum Gasteiger partial charge on any atom is -0.465 e. The lowest BCUT2D eigenvalue weighted by atomic mass is 9.93. The number of amides is 2. The van der Waals surface area contributed by atoms with E-state index in [0.29, 0.717) is 23.7 Å². The molecule has 1 unspecified atom stereocenters. The van der Waals surface area contributed by atoms with Gasteiger partial charge in [0.25, 0.3) is 0 Å². The molecule has 1 aliphatic rings. The Kier molecular flexibility index (Phi) is 7.01. The molecule has 5 rings (SSSR count). The first-order chi connectivity index (χ1) is 18.4. The Balaban J connectivity index is 1.29. The average molecular weight is 510 g/mol. The standard InChI is InChI=1S/C31H31N3O4/c1-4-37-29(35)31(18-19-31)26-16-14-24(15-17-26)23-10-12-25(13-11-23)28-27(21(3)34-38-28)33-30(36)32-20(2)22-8-6-5-7-9-22/h5-17,20H,4,18-19H2,1-3H3,(H2,32,33,36). The lowest BCUT2D eigenvalue weighted by Crippen LogP contribution is -2.31. The fourth-order valence-corrected chi connectivity index (χ4v) is 4.69. The highest BCUT2D eigenvalue weighted by atomic mass is 16.5. The number of carbonyl (C=O) groups is 2. The summed E-state index contributed by atoms with van der Waals surface area (Å²) in [5.41, 5.74) is 5.55. The predicted molar refractivity (Wildman–Crippen MR) is 147 cm³/mol. The van der Waals surface area contributed by atoms with Crippen molar-refractivity contribution < 1.29 is 18.8 Å². The number of carbonyl (C=O) groups excluding carboxylic acids is 2. The Labute approximate surface area is 222 Å². The number of anilines is 1. The van der Waals surface area contributed by atoms with Crippen molar-refractivity contribution in [2.24, 2.45) is 0 Å². The molecule has 2 amide bonds. The number of urea groups is 1. The summed E-state index contributed by atoms with van der Waals surface area (Å²) in [6, 6.07) is 25.3. The zero-order chi connectivity index (χ0) is 26.7. The molecule has 4 aromatic rings. The summed E-state index contributed by atoms with van der Waals surface area (Å²) in [5.74, 6) is 0.365. The van der Waals surface area contributed by atoms with Crippen molar-refractivity contribution >= 4 is 17.7 Å². The summed E-state index contributed by atoms with van der Waals surface area (Å²) in [6.45, 7) is 5.95. The zero-order valence-corrected chi connectivity index (χ0v) is 21.8. The number of aryl methyl sites for hydroxylation is 1. The van der Waals surface area contributed by atoms with Gasteiger partial charge in [-0.1, -0.05) is 84.0 Å². The normalized spacial score (nSPS) is 14.4. The molecule has 7 heteroatoms. The average Bonchev–Trinajstić information content (AvgIpc) is 3.68. The van der Waals surface area contributed by atoms with Crippen LogP contribution in [0.25, 0.3) is 22.5 Å². The van der Waals surface area contributed by atoms with E-state index in [0.717, 1.165) is 40.7 Å². The van der Waals surface area contributed by atoms with Crippen molar-refractivity contribution in [1.82, 2.24) is 10.5 Å². The van der Waals surface area contributed by atoms with Crippen molar-refractivity contribution in [3.63, 3.8) is 0 Å². The van der Waals surface area contributed by atoms with Gasteiger partial charge in [-0.25, -0.2) is 4.79 Å². The summed E-state index contributed by atoms with van der Waals surface area (Å²) in [7, 11) is 0. The summed E-state index contributed by atoms with van der Waals surface area (Å²) >= 11 is 0. The Bertz CT molecular complexity index is 1420. The van der Waals surface area contributed by atoms with Gasteiger partial charge < -0.3 is 19.9 Å². The third-order valence-corrected chi connectivity index (χ3v) is 7.08. The summed E-state index contributed by atoms with van der Waals surface area (Å²) < 4.78 is 10.9. The number of esters is 1. The molecule has 7 nitrogen and oxygen atoms in total. The molecule has 3 aromatic carbocycles. The van der Waals surface area contributed by atoms with Gasteiger partial charge in [-0.3, -0.25) is 4.79 Å². The minimum absolute atomic E-state index is 0.132. The van der Waals surface area contributed by atoms with Gasteiger partial charge in [0.1, 0.15) is 11.4 Å². The van der Waals surface area contributed by atoms with Crippen LogP contribution in [-0.2, 0) is 14.9 Å². The predicted octanol–water partition coefficient (Wildman–Crippen LogP) is 6.79. The number of hydrogen-bond acceptors (Lipinski definition) is 5. The molecule has 0 spiro atoms. The van der Waals surface area contributed by atoms with Gasteiger partial charge in [0.2, 0.25) is 0 Å². The van der Waals surface area contributed by atoms with E-state index in [1.807, 2.05) is 92.7 Å². The van der Waals surface area contributed by atoms with E-state index in [-0.39, 0.29) is 18.0 Å². The fraction of sp³-hybridized carbons (Fsp3) is 0.258. The first-order valence-corrected chi connectivity index (χ1v) is 12.9. The van der Waals surface area contributed by atoms with Crippen LogP contribution in [0.2, 0.25) is 0 Å². The van der Waals surface area contributed by atoms with Gasteiger partial charge in [0, 0.05) is 5.56 Å². The van der Waals surface area contributed by atoms with Gasteiger partial charge in [0.05, 0.1) is 18.1 Å². The van der Waals surface area contributed by atoms with E-state index in [2.05, 4.69) is 15.8 Å². The molecule has 38 heavy (non-hydrogen) atoms. The van der Waals surface area contributed by atoms with Crippen LogP contribution in [0.4, 0.5) is 10.5 Å². The van der Waals surface area contributed by atoms with Crippen LogP contribution in [0.15, 0.2) is 83.4 Å². The van der Waals surface area contributed by atoms with Crippen molar-refractivity contribution in [2.45, 2.75) is 45.1 Å². The maximum Gasteiger partial charge on any atom is 0.319 e. The first-order valence-electron chi connectivity index (χ1n) is 12.9. The number of nitrogens with zero attached hydrogens (tertiary/aromatic N) is 1. The van der Waals surface area contributed by atoms with E-state index < -0.39 is 5.41 Å². The molecule has 1 saturated carbocycles. The second-order valence-electron chi connectivity index (χ2n) is 9.66. The number of nitrogens with one attached hydrogen (secondary N) is 2. The molecule has 1 aromatic heterocycles. The number of ether oxygens (including phenoxy) is 1. The second-order valence-corrected chi connectivity index (χ2v) is 9.66. The van der Waals surface area contributed by atoms with Gasteiger partial charge in [-0.15, -0.1) is 0 Å². The molecule has 1 atom stereocenters. The van der Waals surface area contributed by atoms with E-state index >= 15 is 0 Å². The monoisotopic (exact) mass is 509 g/mol. The summed E-state index contributed by atoms with van der Waals surface area (Å²) in [6.07, 6.45) is 1.66. The van der Waals surface area contributed by atoms with Crippen LogP contribution in [0.1, 0.15) is 49.6 Å². The van der Waals surface area contributed by atoms with E-state index in [4.69, 9.17) is 9.26 Å². The van der Waals surface area contributed by atoms with Crippen molar-refractivity contribution in [1.29, 1.82) is 0 Å².